The highest BCUT2D eigenvalue weighted by atomic mass is 79.9. The van der Waals surface area contributed by atoms with Gasteiger partial charge in [-0.2, -0.15) is 10.5 Å². The fourth-order valence-corrected chi connectivity index (χ4v) is 2.60. The van der Waals surface area contributed by atoms with Gasteiger partial charge in [0, 0.05) is 10.0 Å². The predicted molar refractivity (Wildman–Crippen MR) is 72.2 cm³/mol. The minimum absolute atomic E-state index is 0.0379. The molecule has 17 heavy (non-hydrogen) atoms. The van der Waals surface area contributed by atoms with E-state index >= 15 is 0 Å². The van der Waals surface area contributed by atoms with Crippen molar-refractivity contribution in [1.82, 2.24) is 0 Å². The molecule has 1 aromatic carbocycles. The molecule has 0 saturated heterocycles. The van der Waals surface area contributed by atoms with E-state index in [1.807, 2.05) is 25.1 Å². The smallest absolute Gasteiger partial charge is 0.140 e. The number of nitrogens with zero attached hydrogens (tertiary/aromatic N) is 2. The lowest BCUT2D eigenvalue weighted by molar-refractivity contribution is 0.337. The second kappa shape index (κ2) is 6.44. The minimum atomic E-state index is 0.0379. The molecule has 1 aromatic rings. The van der Waals surface area contributed by atoms with E-state index in [4.69, 9.17) is 15.3 Å². The van der Waals surface area contributed by atoms with Gasteiger partial charge >= 0.3 is 0 Å². The summed E-state index contributed by atoms with van der Waals surface area (Å²) in [5, 5.41) is 17.5. The highest BCUT2D eigenvalue weighted by Gasteiger charge is 2.09. The first kappa shape index (κ1) is 13.8. The summed E-state index contributed by atoms with van der Waals surface area (Å²) in [5.74, 6) is 0.624. The van der Waals surface area contributed by atoms with Crippen LogP contribution in [0.15, 0.2) is 26.7 Å². The van der Waals surface area contributed by atoms with Gasteiger partial charge in [-0.05, 0) is 41.1 Å². The van der Waals surface area contributed by atoms with E-state index in [9.17, 15) is 0 Å². The molecule has 0 fully saturated rings. The van der Waals surface area contributed by atoms with Crippen LogP contribution in [-0.4, -0.2) is 6.61 Å². The van der Waals surface area contributed by atoms with E-state index in [0.717, 1.165) is 8.95 Å². The maximum atomic E-state index is 8.74. The van der Waals surface area contributed by atoms with Gasteiger partial charge in [-0.15, -0.1) is 0 Å². The molecule has 0 aromatic heterocycles. The van der Waals surface area contributed by atoms with Gasteiger partial charge in [0.15, 0.2) is 0 Å². The van der Waals surface area contributed by atoms with Gasteiger partial charge in [-0.25, -0.2) is 0 Å². The Hall–Kier alpha value is -1.30. The summed E-state index contributed by atoms with van der Waals surface area (Å²) < 4.78 is 7.10. The third-order valence-electron chi connectivity index (χ3n) is 1.87. The number of ether oxygens (including phenoxy) is 1. The number of nitriles is 2. The van der Waals surface area contributed by atoms with Crippen LogP contribution >= 0.6 is 31.9 Å². The molecule has 86 valence electrons. The highest BCUT2D eigenvalue weighted by molar-refractivity contribution is 9.11. The number of hydrogen-bond acceptors (Lipinski definition) is 3. The highest BCUT2D eigenvalue weighted by Crippen LogP contribution is 2.34. The van der Waals surface area contributed by atoms with Crippen LogP contribution in [0.4, 0.5) is 0 Å². The molecule has 1 rings (SSSR count). The largest absolute Gasteiger partial charge is 0.492 e. The number of halogens is 2. The zero-order valence-corrected chi connectivity index (χ0v) is 12.2. The van der Waals surface area contributed by atoms with E-state index in [1.54, 1.807) is 6.07 Å². The normalized spacial score (nSPS) is 9.00. The maximum absolute atomic E-state index is 8.74. The van der Waals surface area contributed by atoms with Crippen LogP contribution in [0.5, 0.6) is 5.75 Å². The summed E-state index contributed by atoms with van der Waals surface area (Å²) in [6.45, 7) is 2.38. The molecule has 0 atom stereocenters. The summed E-state index contributed by atoms with van der Waals surface area (Å²) in [5.41, 5.74) is 0.724. The van der Waals surface area contributed by atoms with E-state index in [1.165, 1.54) is 6.08 Å². The lowest BCUT2D eigenvalue weighted by atomic mass is 10.1. The van der Waals surface area contributed by atoms with Crippen molar-refractivity contribution in [3.63, 3.8) is 0 Å². The molecule has 0 N–H and O–H groups in total. The van der Waals surface area contributed by atoms with E-state index in [0.29, 0.717) is 17.9 Å². The van der Waals surface area contributed by atoms with Crippen molar-refractivity contribution >= 4 is 37.9 Å². The number of hydrogen-bond donors (Lipinski definition) is 0. The Kier molecular flexibility index (Phi) is 5.21. The summed E-state index contributed by atoms with van der Waals surface area (Å²) in [4.78, 5) is 0. The zero-order valence-electron chi connectivity index (χ0n) is 9.00. The van der Waals surface area contributed by atoms with Crippen molar-refractivity contribution in [2.24, 2.45) is 0 Å². The quantitative estimate of drug-likeness (QED) is 0.769. The molecule has 0 heterocycles. The third kappa shape index (κ3) is 3.59. The van der Waals surface area contributed by atoms with Crippen molar-refractivity contribution in [2.75, 3.05) is 6.61 Å². The molecule has 0 bridgehead atoms. The van der Waals surface area contributed by atoms with Crippen molar-refractivity contribution in [3.8, 4) is 17.9 Å². The van der Waals surface area contributed by atoms with Crippen LogP contribution in [0.3, 0.4) is 0 Å². The molecule has 0 aliphatic carbocycles. The molecular weight excluding hydrogens is 348 g/mol. The lowest BCUT2D eigenvalue weighted by Gasteiger charge is -2.10. The molecule has 5 heteroatoms. The molecule has 0 saturated carbocycles. The van der Waals surface area contributed by atoms with Gasteiger partial charge in [0.1, 0.15) is 23.5 Å². The second-order valence-corrected chi connectivity index (χ2v) is 4.79. The maximum Gasteiger partial charge on any atom is 0.140 e. The average Bonchev–Trinajstić information content (AvgIpc) is 2.30. The molecule has 0 amide bonds. The Balaban J connectivity index is 3.37. The van der Waals surface area contributed by atoms with Crippen LogP contribution in [0.2, 0.25) is 0 Å². The molecule has 0 aliphatic heterocycles. The van der Waals surface area contributed by atoms with E-state index in [2.05, 4.69) is 31.9 Å². The van der Waals surface area contributed by atoms with E-state index < -0.39 is 0 Å². The van der Waals surface area contributed by atoms with Crippen molar-refractivity contribution in [1.29, 1.82) is 10.5 Å². The van der Waals surface area contributed by atoms with Gasteiger partial charge in [0.05, 0.1) is 11.1 Å². The number of benzene rings is 1. The summed E-state index contributed by atoms with van der Waals surface area (Å²) in [6.07, 6.45) is 1.50. The van der Waals surface area contributed by atoms with Gasteiger partial charge < -0.3 is 4.74 Å². The lowest BCUT2D eigenvalue weighted by Crippen LogP contribution is -1.95. The monoisotopic (exact) mass is 354 g/mol. The van der Waals surface area contributed by atoms with Gasteiger partial charge in [0.25, 0.3) is 0 Å². The Morgan fingerprint density at radius 1 is 1.35 bits per heavy atom. The Bertz CT molecular complexity index is 523. The van der Waals surface area contributed by atoms with Crippen molar-refractivity contribution in [2.45, 2.75) is 6.92 Å². The van der Waals surface area contributed by atoms with Gasteiger partial charge in [0.2, 0.25) is 0 Å². The fourth-order valence-electron chi connectivity index (χ4n) is 1.23. The van der Waals surface area contributed by atoms with Crippen LogP contribution in [-0.2, 0) is 0 Å². The van der Waals surface area contributed by atoms with Crippen LogP contribution in [0.1, 0.15) is 12.5 Å². The molecular formula is C12H8Br2N2O. The van der Waals surface area contributed by atoms with Crippen molar-refractivity contribution < 1.29 is 4.74 Å². The third-order valence-corrected chi connectivity index (χ3v) is 2.91. The standard InChI is InChI=1S/C12H8Br2N2O/c1-2-17-12-9(3-8(6-15)7-16)4-10(13)5-11(12)14/h3-5H,2H2,1H3. The predicted octanol–water partition coefficient (Wildman–Crippen LogP) is 4.04. The first-order chi connectivity index (χ1) is 8.12. The van der Waals surface area contributed by atoms with Gasteiger partial charge in [-0.1, -0.05) is 15.9 Å². The summed E-state index contributed by atoms with van der Waals surface area (Å²) in [6, 6.07) is 7.29. The molecule has 0 unspecified atom stereocenters. The Labute approximate surface area is 117 Å². The fraction of sp³-hybridized carbons (Fsp3) is 0.167. The molecule has 0 spiro atoms. The summed E-state index contributed by atoms with van der Waals surface area (Å²) >= 11 is 6.73. The average molecular weight is 356 g/mol. The van der Waals surface area contributed by atoms with E-state index in [-0.39, 0.29) is 5.57 Å². The van der Waals surface area contributed by atoms with Crippen molar-refractivity contribution in [3.05, 3.63) is 32.2 Å². The molecule has 0 radical (unpaired) electrons. The van der Waals surface area contributed by atoms with Crippen LogP contribution in [0.25, 0.3) is 6.08 Å². The SMILES string of the molecule is CCOc1c(Br)cc(Br)cc1C=C(C#N)C#N. The molecule has 3 nitrogen and oxygen atoms in total. The summed E-state index contributed by atoms with van der Waals surface area (Å²) in [7, 11) is 0. The first-order valence-corrected chi connectivity index (χ1v) is 6.34. The Morgan fingerprint density at radius 3 is 2.53 bits per heavy atom. The Morgan fingerprint density at radius 2 is 2.00 bits per heavy atom. The van der Waals surface area contributed by atoms with Gasteiger partial charge in [-0.3, -0.25) is 0 Å². The number of rotatable bonds is 3. The second-order valence-electron chi connectivity index (χ2n) is 3.02. The molecule has 0 aliphatic rings. The first-order valence-electron chi connectivity index (χ1n) is 4.76. The number of allylic oxidation sites excluding steroid dienone is 1. The topological polar surface area (TPSA) is 56.8 Å². The minimum Gasteiger partial charge on any atom is -0.492 e. The zero-order chi connectivity index (χ0) is 12.8. The van der Waals surface area contributed by atoms with Crippen LogP contribution in [0, 0.1) is 22.7 Å². The van der Waals surface area contributed by atoms with Crippen LogP contribution < -0.4 is 4.74 Å².